The van der Waals surface area contributed by atoms with Crippen LogP contribution < -0.4 is 10.6 Å². The molecule has 0 aliphatic carbocycles. The van der Waals surface area contributed by atoms with E-state index >= 15 is 0 Å². The Kier molecular flexibility index (Phi) is 12.1. The Morgan fingerprint density at radius 3 is 2.62 bits per heavy atom. The molecule has 0 atom stereocenters. The molecule has 0 bridgehead atoms. The summed E-state index contributed by atoms with van der Waals surface area (Å²) in [5.41, 5.74) is 0.822. The molecule has 0 radical (unpaired) electrons. The first kappa shape index (κ1) is 25.6. The minimum absolute atomic E-state index is 0.0279. The monoisotopic (exact) mass is 444 g/mol. The average molecular weight is 445 g/mol. The first-order valence-corrected chi connectivity index (χ1v) is 11.5. The summed E-state index contributed by atoms with van der Waals surface area (Å²) in [6, 6.07) is 3.65. The summed E-state index contributed by atoms with van der Waals surface area (Å²) in [6.45, 7) is 5.99. The van der Waals surface area contributed by atoms with E-state index in [-0.39, 0.29) is 18.1 Å². The predicted octanol–water partition coefficient (Wildman–Crippen LogP) is 3.61. The summed E-state index contributed by atoms with van der Waals surface area (Å²) in [7, 11) is 0. The van der Waals surface area contributed by atoms with Gasteiger partial charge in [-0.25, -0.2) is 5.06 Å². The highest BCUT2D eigenvalue weighted by Gasteiger charge is 2.23. The molecule has 1 aliphatic rings. The van der Waals surface area contributed by atoms with Crippen molar-refractivity contribution in [3.63, 3.8) is 0 Å². The van der Waals surface area contributed by atoms with E-state index in [2.05, 4.69) is 20.6 Å². The third-order valence-electron chi connectivity index (χ3n) is 5.08. The Morgan fingerprint density at radius 2 is 1.94 bits per heavy atom. The quantitative estimate of drug-likeness (QED) is 0.126. The second-order valence-electron chi connectivity index (χ2n) is 8.08. The smallest absolute Gasteiger partial charge is 0.246 e. The second kappa shape index (κ2) is 15.2. The van der Waals surface area contributed by atoms with Crippen LogP contribution in [0.5, 0.6) is 0 Å². The molecule has 0 aromatic carbocycles. The molecule has 2 rings (SSSR count). The minimum Gasteiger partial charge on any atom is -0.381 e. The van der Waals surface area contributed by atoms with Gasteiger partial charge in [-0.3, -0.25) is 24.9 Å². The first-order valence-electron chi connectivity index (χ1n) is 11.5. The van der Waals surface area contributed by atoms with Gasteiger partial charge >= 0.3 is 0 Å². The zero-order chi connectivity index (χ0) is 23.0. The van der Waals surface area contributed by atoms with Crippen molar-refractivity contribution in [1.29, 1.82) is 5.26 Å². The van der Waals surface area contributed by atoms with E-state index in [1.54, 1.807) is 17.5 Å². The number of unbranched alkanes of at least 4 members (excludes halogenated alkanes) is 4. The number of hydroxylamine groups is 2. The number of pyridine rings is 1. The Hall–Kier alpha value is -2.70. The predicted molar refractivity (Wildman–Crippen MR) is 124 cm³/mol. The van der Waals surface area contributed by atoms with E-state index < -0.39 is 0 Å². The lowest BCUT2D eigenvalue weighted by molar-refractivity contribution is -0.228. The summed E-state index contributed by atoms with van der Waals surface area (Å²) in [6.07, 6.45) is 12.3. The number of nitriles is 1. The number of hydrogen-bond donors (Lipinski definition) is 2. The van der Waals surface area contributed by atoms with E-state index in [4.69, 9.17) is 14.8 Å². The lowest BCUT2D eigenvalue weighted by Gasteiger charge is -2.32. The Bertz CT molecular complexity index is 729. The molecule has 1 amide bonds. The summed E-state index contributed by atoms with van der Waals surface area (Å²) < 4.78 is 5.36. The Labute approximate surface area is 191 Å². The van der Waals surface area contributed by atoms with E-state index in [9.17, 15) is 4.79 Å². The van der Waals surface area contributed by atoms with E-state index in [1.165, 1.54) is 0 Å². The van der Waals surface area contributed by atoms with Crippen LogP contribution in [0.4, 0.5) is 5.69 Å². The van der Waals surface area contributed by atoms with Crippen LogP contribution in [-0.4, -0.2) is 53.8 Å². The van der Waals surface area contributed by atoms with Crippen LogP contribution in [0.15, 0.2) is 29.5 Å². The molecule has 2 heterocycles. The number of carbonyl (C=O) groups excluding carboxylic acids is 1. The number of aromatic nitrogens is 1. The highest BCUT2D eigenvalue weighted by atomic mass is 16.7. The Morgan fingerprint density at radius 1 is 1.25 bits per heavy atom. The first-order chi connectivity index (χ1) is 15.6. The molecule has 1 fully saturated rings. The maximum Gasteiger partial charge on any atom is 0.246 e. The molecular weight excluding hydrogens is 408 g/mol. The van der Waals surface area contributed by atoms with Crippen LogP contribution >= 0.6 is 0 Å². The van der Waals surface area contributed by atoms with Gasteiger partial charge in [-0.2, -0.15) is 5.26 Å². The van der Waals surface area contributed by atoms with E-state index in [1.807, 2.05) is 32.2 Å². The molecule has 1 aromatic rings. The van der Waals surface area contributed by atoms with Crippen LogP contribution in [-0.2, 0) is 14.4 Å². The minimum atomic E-state index is 0.0279. The van der Waals surface area contributed by atoms with Crippen LogP contribution in [0.25, 0.3) is 0 Å². The highest BCUT2D eigenvalue weighted by molar-refractivity contribution is 5.94. The van der Waals surface area contributed by atoms with Gasteiger partial charge in [0.25, 0.3) is 0 Å². The second-order valence-corrected chi connectivity index (χ2v) is 8.08. The molecular formula is C23H36N6O3. The van der Waals surface area contributed by atoms with Crippen LogP contribution in [0, 0.1) is 11.5 Å². The average Bonchev–Trinajstić information content (AvgIpc) is 2.80. The topological polar surface area (TPSA) is 112 Å². The molecule has 0 unspecified atom stereocenters. The van der Waals surface area contributed by atoms with Gasteiger partial charge in [0.1, 0.15) is 0 Å². The maximum absolute atomic E-state index is 12.6. The lowest BCUT2D eigenvalue weighted by Crippen LogP contribution is -2.41. The summed E-state index contributed by atoms with van der Waals surface area (Å²) in [4.78, 5) is 26.9. The standard InChI is InChI=1S/C23H36N6O3/c1-19(2)29(32-21-11-16-31-17-12-21)22(30)8-6-4-3-5-7-13-26-23(27-18-24)28-20-9-14-25-15-10-20/h9-10,14-15,19,21H,3-8,11-13,16-17H2,1-2H3,(H2,25,26,27,28). The number of rotatable bonds is 12. The third kappa shape index (κ3) is 10.1. The van der Waals surface area contributed by atoms with Gasteiger partial charge in [-0.05, 0) is 51.7 Å². The van der Waals surface area contributed by atoms with E-state index in [0.29, 0.717) is 32.1 Å². The summed E-state index contributed by atoms with van der Waals surface area (Å²) in [5, 5.41) is 16.1. The molecule has 1 aliphatic heterocycles. The van der Waals surface area contributed by atoms with Gasteiger partial charge in [-0.1, -0.05) is 19.3 Å². The fourth-order valence-electron chi connectivity index (χ4n) is 3.37. The third-order valence-corrected chi connectivity index (χ3v) is 5.08. The number of carbonyl (C=O) groups is 1. The number of nitrogens with zero attached hydrogens (tertiary/aromatic N) is 4. The SMILES string of the molecule is CC(C)N(OC1CCOCC1)C(=O)CCCCCCCN=C(NC#N)Nc1ccncc1. The Balaban J connectivity index is 1.60. The molecule has 2 N–H and O–H groups in total. The number of nitrogens with one attached hydrogen (secondary N) is 2. The number of aliphatic imine (C=N–C) groups is 1. The van der Waals surface area contributed by atoms with Crippen LogP contribution in [0.1, 0.15) is 65.2 Å². The van der Waals surface area contributed by atoms with Crippen molar-refractivity contribution in [2.75, 3.05) is 25.1 Å². The highest BCUT2D eigenvalue weighted by Crippen LogP contribution is 2.16. The molecule has 0 saturated carbocycles. The normalized spacial score (nSPS) is 14.8. The van der Waals surface area contributed by atoms with Crippen molar-refractivity contribution in [2.24, 2.45) is 4.99 Å². The molecule has 9 nitrogen and oxygen atoms in total. The molecule has 9 heteroatoms. The van der Waals surface area contributed by atoms with Crippen molar-refractivity contribution in [3.05, 3.63) is 24.5 Å². The fourth-order valence-corrected chi connectivity index (χ4v) is 3.37. The molecule has 32 heavy (non-hydrogen) atoms. The number of ether oxygens (including phenoxy) is 1. The molecule has 1 saturated heterocycles. The van der Waals surface area contributed by atoms with Gasteiger partial charge in [0.05, 0.1) is 12.1 Å². The van der Waals surface area contributed by atoms with Crippen molar-refractivity contribution >= 4 is 17.6 Å². The maximum atomic E-state index is 12.6. The van der Waals surface area contributed by atoms with E-state index in [0.717, 1.165) is 50.6 Å². The summed E-state index contributed by atoms with van der Waals surface area (Å²) >= 11 is 0. The number of amides is 1. The summed E-state index contributed by atoms with van der Waals surface area (Å²) in [5.74, 6) is 0.494. The lowest BCUT2D eigenvalue weighted by atomic mass is 10.1. The zero-order valence-electron chi connectivity index (χ0n) is 19.3. The number of guanidine groups is 1. The molecule has 1 aromatic heterocycles. The van der Waals surface area contributed by atoms with Gasteiger partial charge in [-0.15, -0.1) is 0 Å². The molecule has 0 spiro atoms. The number of hydrogen-bond acceptors (Lipinski definition) is 6. The molecule has 176 valence electrons. The number of anilines is 1. The van der Waals surface area contributed by atoms with Gasteiger partial charge in [0, 0.05) is 44.3 Å². The van der Waals surface area contributed by atoms with Crippen LogP contribution in [0.2, 0.25) is 0 Å². The zero-order valence-corrected chi connectivity index (χ0v) is 19.3. The van der Waals surface area contributed by atoms with Crippen LogP contribution in [0.3, 0.4) is 0 Å². The fraction of sp³-hybridized carbons (Fsp3) is 0.652. The van der Waals surface area contributed by atoms with Gasteiger partial charge in [0.2, 0.25) is 11.9 Å². The van der Waals surface area contributed by atoms with Gasteiger partial charge < -0.3 is 10.1 Å². The van der Waals surface area contributed by atoms with Crippen molar-refractivity contribution in [1.82, 2.24) is 15.4 Å². The van der Waals surface area contributed by atoms with Crippen molar-refractivity contribution in [2.45, 2.75) is 77.4 Å². The van der Waals surface area contributed by atoms with Gasteiger partial charge in [0.15, 0.2) is 6.19 Å². The van der Waals surface area contributed by atoms with Crippen molar-refractivity contribution in [3.8, 4) is 6.19 Å². The largest absolute Gasteiger partial charge is 0.381 e. The van der Waals surface area contributed by atoms with Crippen molar-refractivity contribution < 1.29 is 14.4 Å².